The first-order chi connectivity index (χ1) is 8.07. The van der Waals surface area contributed by atoms with Crippen LogP contribution in [0.3, 0.4) is 0 Å². The molecular weight excluding hydrogens is 218 g/mol. The predicted molar refractivity (Wildman–Crippen MR) is 65.5 cm³/mol. The Kier molecular flexibility index (Phi) is 5.45. The number of carbonyl (C=O) groups excluding carboxylic acids is 2. The molecule has 4 heteroatoms. The maximum atomic E-state index is 11.7. The molecule has 0 bridgehead atoms. The van der Waals surface area contributed by atoms with Gasteiger partial charge in [0, 0.05) is 13.0 Å². The van der Waals surface area contributed by atoms with E-state index in [4.69, 9.17) is 4.74 Å². The van der Waals surface area contributed by atoms with Crippen LogP contribution in [0.1, 0.15) is 52.4 Å². The molecule has 0 N–H and O–H groups in total. The van der Waals surface area contributed by atoms with Crippen molar-refractivity contribution < 1.29 is 14.3 Å². The third-order valence-corrected chi connectivity index (χ3v) is 3.54. The Bertz CT molecular complexity index is 270. The molecule has 1 saturated carbocycles. The van der Waals surface area contributed by atoms with E-state index in [-0.39, 0.29) is 17.9 Å². The smallest absolute Gasteiger partial charge is 0.328 e. The van der Waals surface area contributed by atoms with Crippen molar-refractivity contribution in [3.05, 3.63) is 0 Å². The molecule has 17 heavy (non-hydrogen) atoms. The average molecular weight is 241 g/mol. The first kappa shape index (κ1) is 14.0. The van der Waals surface area contributed by atoms with Gasteiger partial charge in [-0.25, -0.2) is 4.79 Å². The van der Waals surface area contributed by atoms with Gasteiger partial charge in [0.25, 0.3) is 0 Å². The third kappa shape index (κ3) is 3.72. The lowest BCUT2D eigenvalue weighted by atomic mass is 10.0. The highest BCUT2D eigenvalue weighted by atomic mass is 16.5. The van der Waals surface area contributed by atoms with Gasteiger partial charge in [-0.05, 0) is 19.8 Å². The number of esters is 1. The number of rotatable bonds is 3. The second-order valence-electron chi connectivity index (χ2n) is 4.77. The lowest BCUT2D eigenvalue weighted by molar-refractivity contribution is -0.153. The molecule has 1 aliphatic rings. The molecule has 0 aromatic heterocycles. The van der Waals surface area contributed by atoms with Gasteiger partial charge in [0.1, 0.15) is 6.04 Å². The van der Waals surface area contributed by atoms with Gasteiger partial charge < -0.3 is 9.64 Å². The Hall–Kier alpha value is -1.06. The maximum absolute atomic E-state index is 11.7. The van der Waals surface area contributed by atoms with E-state index in [1.54, 1.807) is 11.8 Å². The number of ether oxygens (including phenoxy) is 1. The zero-order valence-electron chi connectivity index (χ0n) is 11.1. The van der Waals surface area contributed by atoms with Gasteiger partial charge in [-0.3, -0.25) is 4.79 Å². The van der Waals surface area contributed by atoms with Crippen molar-refractivity contribution in [2.75, 3.05) is 7.11 Å². The first-order valence-electron chi connectivity index (χ1n) is 6.44. The van der Waals surface area contributed by atoms with Crippen LogP contribution >= 0.6 is 0 Å². The second-order valence-corrected chi connectivity index (χ2v) is 4.77. The number of nitrogens with zero attached hydrogens (tertiary/aromatic N) is 1. The molecule has 1 aliphatic carbocycles. The third-order valence-electron chi connectivity index (χ3n) is 3.54. The van der Waals surface area contributed by atoms with Crippen LogP contribution in [0.2, 0.25) is 0 Å². The van der Waals surface area contributed by atoms with E-state index < -0.39 is 6.04 Å². The van der Waals surface area contributed by atoms with Crippen LogP contribution in [-0.4, -0.2) is 36.0 Å². The highest BCUT2D eigenvalue weighted by Gasteiger charge is 2.30. The van der Waals surface area contributed by atoms with E-state index in [0.29, 0.717) is 0 Å². The Balaban J connectivity index is 2.76. The maximum Gasteiger partial charge on any atom is 0.328 e. The molecule has 1 fully saturated rings. The fourth-order valence-corrected chi connectivity index (χ4v) is 2.67. The molecule has 1 rings (SSSR count). The van der Waals surface area contributed by atoms with Crippen molar-refractivity contribution in [2.45, 2.75) is 64.5 Å². The first-order valence-corrected chi connectivity index (χ1v) is 6.44. The monoisotopic (exact) mass is 241 g/mol. The summed E-state index contributed by atoms with van der Waals surface area (Å²) in [5.74, 6) is -0.362. The van der Waals surface area contributed by atoms with Crippen molar-refractivity contribution in [3.8, 4) is 0 Å². The van der Waals surface area contributed by atoms with Crippen LogP contribution in [0.25, 0.3) is 0 Å². The quantitative estimate of drug-likeness (QED) is 0.561. The molecule has 0 unspecified atom stereocenters. The summed E-state index contributed by atoms with van der Waals surface area (Å²) in [6.45, 7) is 3.28. The summed E-state index contributed by atoms with van der Waals surface area (Å²) in [6, 6.07) is -0.273. The van der Waals surface area contributed by atoms with Gasteiger partial charge >= 0.3 is 5.97 Å². The summed E-state index contributed by atoms with van der Waals surface area (Å²) in [5, 5.41) is 0. The lowest BCUT2D eigenvalue weighted by Crippen LogP contribution is -2.48. The Morgan fingerprint density at radius 3 is 2.12 bits per heavy atom. The largest absolute Gasteiger partial charge is 0.467 e. The number of carbonyl (C=O) groups is 2. The molecule has 0 spiro atoms. The minimum absolute atomic E-state index is 0.0326. The number of hydrogen-bond acceptors (Lipinski definition) is 3. The van der Waals surface area contributed by atoms with E-state index in [2.05, 4.69) is 0 Å². The highest BCUT2D eigenvalue weighted by molar-refractivity contribution is 5.83. The van der Waals surface area contributed by atoms with E-state index in [1.165, 1.54) is 26.9 Å². The van der Waals surface area contributed by atoms with Crippen LogP contribution < -0.4 is 0 Å². The number of methoxy groups -OCH3 is 1. The lowest BCUT2D eigenvalue weighted by Gasteiger charge is -2.34. The Morgan fingerprint density at radius 2 is 1.71 bits per heavy atom. The van der Waals surface area contributed by atoms with E-state index in [1.807, 2.05) is 0 Å². The summed E-state index contributed by atoms with van der Waals surface area (Å²) in [5.41, 5.74) is 0. The fraction of sp³-hybridized carbons (Fsp3) is 0.846. The molecular formula is C13H23NO3. The van der Waals surface area contributed by atoms with Crippen LogP contribution in [-0.2, 0) is 14.3 Å². The summed E-state index contributed by atoms with van der Waals surface area (Å²) >= 11 is 0. The van der Waals surface area contributed by atoms with Gasteiger partial charge in [0.2, 0.25) is 5.91 Å². The Labute approximate surface area is 103 Å². The van der Waals surface area contributed by atoms with Crippen LogP contribution in [0, 0.1) is 0 Å². The standard InChI is InChI=1S/C13H23NO3/c1-10(13(16)17-3)14(11(2)15)12-8-6-4-5-7-9-12/h10,12H,4-9H2,1-3H3/t10-/m0/s1. The fourth-order valence-electron chi connectivity index (χ4n) is 2.67. The van der Waals surface area contributed by atoms with Crippen LogP contribution in [0.15, 0.2) is 0 Å². The molecule has 1 amide bonds. The van der Waals surface area contributed by atoms with Crippen molar-refractivity contribution in [1.82, 2.24) is 4.90 Å². The van der Waals surface area contributed by atoms with Crippen molar-refractivity contribution in [3.63, 3.8) is 0 Å². The molecule has 0 radical (unpaired) electrons. The summed E-state index contributed by atoms with van der Waals surface area (Å²) in [6.07, 6.45) is 6.75. The van der Waals surface area contributed by atoms with E-state index in [9.17, 15) is 9.59 Å². The summed E-state index contributed by atoms with van der Waals surface area (Å²) < 4.78 is 4.73. The van der Waals surface area contributed by atoms with Crippen molar-refractivity contribution in [1.29, 1.82) is 0 Å². The molecule has 0 aromatic rings. The number of amides is 1. The molecule has 0 aromatic carbocycles. The van der Waals surface area contributed by atoms with Gasteiger partial charge in [-0.2, -0.15) is 0 Å². The SMILES string of the molecule is COC(=O)[C@H](C)N(C(C)=O)C1CCCCCC1. The van der Waals surface area contributed by atoms with Gasteiger partial charge in [-0.15, -0.1) is 0 Å². The minimum Gasteiger partial charge on any atom is -0.467 e. The minimum atomic E-state index is -0.472. The van der Waals surface area contributed by atoms with Crippen LogP contribution in [0.5, 0.6) is 0 Å². The van der Waals surface area contributed by atoms with Crippen LogP contribution in [0.4, 0.5) is 0 Å². The molecule has 0 heterocycles. The van der Waals surface area contributed by atoms with Crippen molar-refractivity contribution in [2.24, 2.45) is 0 Å². The molecule has 98 valence electrons. The molecule has 0 saturated heterocycles. The summed E-state index contributed by atoms with van der Waals surface area (Å²) in [7, 11) is 1.37. The summed E-state index contributed by atoms with van der Waals surface area (Å²) in [4.78, 5) is 25.0. The normalized spacial score (nSPS) is 19.2. The topological polar surface area (TPSA) is 46.6 Å². The highest BCUT2D eigenvalue weighted by Crippen LogP contribution is 2.24. The van der Waals surface area contributed by atoms with E-state index >= 15 is 0 Å². The Morgan fingerprint density at radius 1 is 1.18 bits per heavy atom. The molecule has 0 aliphatic heterocycles. The van der Waals surface area contributed by atoms with Gasteiger partial charge in [0.05, 0.1) is 7.11 Å². The molecule has 4 nitrogen and oxygen atoms in total. The van der Waals surface area contributed by atoms with Gasteiger partial charge in [0.15, 0.2) is 0 Å². The molecule has 1 atom stereocenters. The zero-order valence-corrected chi connectivity index (χ0v) is 11.1. The number of hydrogen-bond donors (Lipinski definition) is 0. The van der Waals surface area contributed by atoms with Crippen molar-refractivity contribution >= 4 is 11.9 Å². The van der Waals surface area contributed by atoms with Gasteiger partial charge in [-0.1, -0.05) is 25.7 Å². The zero-order chi connectivity index (χ0) is 12.8. The van der Waals surface area contributed by atoms with E-state index in [0.717, 1.165) is 25.7 Å². The predicted octanol–water partition coefficient (Wildman–Crippen LogP) is 2.12. The average Bonchev–Trinajstić information content (AvgIpc) is 2.56. The second kappa shape index (κ2) is 6.62.